The second-order valence-corrected chi connectivity index (χ2v) is 10.2. The fraction of sp³-hybridized carbons (Fsp3) is 0.280. The maximum absolute atomic E-state index is 13.3. The summed E-state index contributed by atoms with van der Waals surface area (Å²) in [6, 6.07) is 12.0. The van der Waals surface area contributed by atoms with Gasteiger partial charge in [-0.3, -0.25) is 9.59 Å². The number of benzene rings is 2. The highest BCUT2D eigenvalue weighted by Crippen LogP contribution is 2.24. The first-order valence-corrected chi connectivity index (χ1v) is 11.8. The van der Waals surface area contributed by atoms with Crippen molar-refractivity contribution in [3.8, 4) is 0 Å². The normalized spacial score (nSPS) is 11.4. The summed E-state index contributed by atoms with van der Waals surface area (Å²) in [7, 11) is -4.05. The summed E-state index contributed by atoms with van der Waals surface area (Å²) >= 11 is 0. The van der Waals surface area contributed by atoms with E-state index in [0.29, 0.717) is 16.9 Å². The molecule has 3 aromatic rings. The van der Waals surface area contributed by atoms with Crippen LogP contribution in [0.15, 0.2) is 57.1 Å². The maximum atomic E-state index is 13.3. The number of nitrogens with zero attached hydrogens (tertiary/aromatic N) is 1. The molecule has 0 aliphatic carbocycles. The number of nitrogens with one attached hydrogen (secondary N) is 1. The van der Waals surface area contributed by atoms with Gasteiger partial charge in [-0.25, -0.2) is 8.42 Å². The molecule has 0 atom stereocenters. The van der Waals surface area contributed by atoms with Gasteiger partial charge in [-0.05, 0) is 99.7 Å². The number of carbonyl (C=O) groups excluding carboxylic acids is 1. The van der Waals surface area contributed by atoms with Crippen LogP contribution in [0.5, 0.6) is 0 Å². The van der Waals surface area contributed by atoms with E-state index in [9.17, 15) is 18.0 Å². The van der Waals surface area contributed by atoms with Crippen LogP contribution in [0.4, 0.5) is 5.69 Å². The van der Waals surface area contributed by atoms with Gasteiger partial charge in [-0.2, -0.15) is 0 Å². The third kappa shape index (κ3) is 4.53. The lowest BCUT2D eigenvalue weighted by molar-refractivity contribution is -0.116. The number of amides is 1. The minimum absolute atomic E-state index is 0.0655. The van der Waals surface area contributed by atoms with Crippen LogP contribution in [0.3, 0.4) is 0 Å². The predicted octanol–water partition coefficient (Wildman–Crippen LogP) is 4.17. The minimum Gasteiger partial charge on any atom is -0.325 e. The molecule has 1 amide bonds. The summed E-state index contributed by atoms with van der Waals surface area (Å²) < 4.78 is 27.9. The molecule has 2 aromatic carbocycles. The highest BCUT2D eigenvalue weighted by atomic mass is 32.2. The third-order valence-corrected chi connectivity index (χ3v) is 7.71. The molecule has 0 radical (unpaired) electrons. The fourth-order valence-electron chi connectivity index (χ4n) is 3.59. The molecule has 7 heteroatoms. The Morgan fingerprint density at radius 3 is 2.00 bits per heavy atom. The van der Waals surface area contributed by atoms with Crippen LogP contribution in [-0.2, 0) is 21.2 Å². The van der Waals surface area contributed by atoms with Crippen LogP contribution in [-0.4, -0.2) is 18.9 Å². The van der Waals surface area contributed by atoms with Crippen LogP contribution in [0, 0.1) is 41.5 Å². The first-order chi connectivity index (χ1) is 14.9. The number of hydrogen-bond donors (Lipinski definition) is 1. The van der Waals surface area contributed by atoms with Crippen molar-refractivity contribution in [2.24, 2.45) is 0 Å². The van der Waals surface area contributed by atoms with E-state index in [1.165, 1.54) is 10.6 Å². The van der Waals surface area contributed by atoms with E-state index >= 15 is 0 Å². The largest absolute Gasteiger partial charge is 0.325 e. The maximum Gasteiger partial charge on any atom is 0.270 e. The average Bonchev–Trinajstić information content (AvgIpc) is 2.69. The number of rotatable bonds is 5. The van der Waals surface area contributed by atoms with E-state index in [0.717, 1.165) is 22.3 Å². The van der Waals surface area contributed by atoms with Crippen LogP contribution in [0.25, 0.3) is 0 Å². The molecule has 6 nitrogen and oxygen atoms in total. The Kier molecular flexibility index (Phi) is 6.41. The zero-order chi connectivity index (χ0) is 23.8. The van der Waals surface area contributed by atoms with Crippen molar-refractivity contribution >= 4 is 21.4 Å². The lowest BCUT2D eigenvalue weighted by Gasteiger charge is -2.15. The smallest absolute Gasteiger partial charge is 0.270 e. The fourth-order valence-corrected chi connectivity index (χ4v) is 5.23. The van der Waals surface area contributed by atoms with E-state index in [2.05, 4.69) is 5.32 Å². The van der Waals surface area contributed by atoms with Crippen molar-refractivity contribution in [1.82, 2.24) is 4.57 Å². The second kappa shape index (κ2) is 8.74. The van der Waals surface area contributed by atoms with E-state index < -0.39 is 21.3 Å². The van der Waals surface area contributed by atoms with Gasteiger partial charge in [0, 0.05) is 11.4 Å². The minimum atomic E-state index is -4.05. The van der Waals surface area contributed by atoms with Crippen LogP contribution in [0.2, 0.25) is 0 Å². The topological polar surface area (TPSA) is 85.2 Å². The zero-order valence-corrected chi connectivity index (χ0v) is 20.1. The van der Waals surface area contributed by atoms with Gasteiger partial charge in [-0.15, -0.1) is 0 Å². The standard InChI is InChI=1S/C25H28N2O4S/c1-15-7-9-21(12-17(15)3)26-23(28)14-27-20(6)11-19(5)24(25(27)29)32(30,31)22-10-8-16(2)18(4)13-22/h7-13H,14H2,1-6H3,(H,26,28). The second-order valence-electron chi connectivity index (χ2n) is 8.29. The molecule has 0 aliphatic heterocycles. The van der Waals surface area contributed by atoms with Gasteiger partial charge in [0.1, 0.15) is 11.4 Å². The van der Waals surface area contributed by atoms with Crippen molar-refractivity contribution in [2.45, 2.75) is 57.9 Å². The summed E-state index contributed by atoms with van der Waals surface area (Å²) in [6.07, 6.45) is 0. The summed E-state index contributed by atoms with van der Waals surface area (Å²) in [5.41, 5.74) is 4.73. The van der Waals surface area contributed by atoms with Crippen LogP contribution >= 0.6 is 0 Å². The predicted molar refractivity (Wildman–Crippen MR) is 126 cm³/mol. The van der Waals surface area contributed by atoms with Gasteiger partial charge >= 0.3 is 0 Å². The number of sulfone groups is 1. The number of pyridine rings is 1. The zero-order valence-electron chi connectivity index (χ0n) is 19.2. The Labute approximate surface area is 188 Å². The summed E-state index contributed by atoms with van der Waals surface area (Å²) in [5.74, 6) is -0.406. The summed E-state index contributed by atoms with van der Waals surface area (Å²) in [6.45, 7) is 10.6. The number of aromatic nitrogens is 1. The molecule has 1 aromatic heterocycles. The Balaban J connectivity index is 2.01. The number of anilines is 1. The number of hydrogen-bond acceptors (Lipinski definition) is 4. The van der Waals surface area contributed by atoms with Gasteiger partial charge in [0.25, 0.3) is 5.56 Å². The molecule has 1 heterocycles. The van der Waals surface area contributed by atoms with Crippen LogP contribution < -0.4 is 10.9 Å². The molecule has 32 heavy (non-hydrogen) atoms. The molecule has 0 fully saturated rings. The van der Waals surface area contributed by atoms with Crippen LogP contribution in [0.1, 0.15) is 33.5 Å². The van der Waals surface area contributed by atoms with Crippen molar-refractivity contribution in [2.75, 3.05) is 5.32 Å². The SMILES string of the molecule is Cc1ccc(NC(=O)Cn2c(C)cc(C)c(S(=O)(=O)c3ccc(C)c(C)c3)c2=O)cc1C. The molecular formula is C25H28N2O4S. The lowest BCUT2D eigenvalue weighted by Crippen LogP contribution is -2.33. The molecular weight excluding hydrogens is 424 g/mol. The van der Waals surface area contributed by atoms with E-state index in [1.54, 1.807) is 38.1 Å². The molecule has 1 N–H and O–H groups in total. The molecule has 3 rings (SSSR count). The molecule has 0 aliphatic rings. The molecule has 0 saturated heterocycles. The first kappa shape index (κ1) is 23.5. The third-order valence-electron chi connectivity index (χ3n) is 5.80. The van der Waals surface area contributed by atoms with Gasteiger partial charge in [0.15, 0.2) is 0 Å². The van der Waals surface area contributed by atoms with E-state index in [-0.39, 0.29) is 16.3 Å². The summed E-state index contributed by atoms with van der Waals surface area (Å²) in [4.78, 5) is 25.7. The quantitative estimate of drug-likeness (QED) is 0.630. The van der Waals surface area contributed by atoms with Gasteiger partial charge in [0.05, 0.1) is 4.90 Å². The van der Waals surface area contributed by atoms with Gasteiger partial charge in [0.2, 0.25) is 15.7 Å². The Morgan fingerprint density at radius 1 is 0.812 bits per heavy atom. The van der Waals surface area contributed by atoms with Gasteiger partial charge in [-0.1, -0.05) is 12.1 Å². The van der Waals surface area contributed by atoms with E-state index in [4.69, 9.17) is 0 Å². The highest BCUT2D eigenvalue weighted by Gasteiger charge is 2.26. The number of aryl methyl sites for hydroxylation is 6. The lowest BCUT2D eigenvalue weighted by atomic mass is 10.1. The first-order valence-electron chi connectivity index (χ1n) is 10.3. The molecule has 0 unspecified atom stereocenters. The Bertz CT molecular complexity index is 1390. The van der Waals surface area contributed by atoms with Crippen molar-refractivity contribution in [1.29, 1.82) is 0 Å². The average molecular weight is 453 g/mol. The molecule has 0 bridgehead atoms. The molecule has 0 saturated carbocycles. The van der Waals surface area contributed by atoms with Gasteiger partial charge < -0.3 is 9.88 Å². The monoisotopic (exact) mass is 452 g/mol. The van der Waals surface area contributed by atoms with E-state index in [1.807, 2.05) is 39.8 Å². The van der Waals surface area contributed by atoms with Crippen molar-refractivity contribution < 1.29 is 13.2 Å². The Morgan fingerprint density at radius 2 is 1.41 bits per heavy atom. The highest BCUT2D eigenvalue weighted by molar-refractivity contribution is 7.91. The molecule has 168 valence electrons. The van der Waals surface area contributed by atoms with Crippen molar-refractivity contribution in [3.63, 3.8) is 0 Å². The molecule has 0 spiro atoms. The summed E-state index contributed by atoms with van der Waals surface area (Å²) in [5, 5.41) is 2.78. The number of carbonyl (C=O) groups is 1. The Hall–Kier alpha value is -3.19. The van der Waals surface area contributed by atoms with Crippen molar-refractivity contribution in [3.05, 3.63) is 86.3 Å².